The molecule has 0 atom stereocenters. The molecule has 0 saturated heterocycles. The van der Waals surface area contributed by atoms with Crippen LogP contribution in [0, 0.1) is 0 Å². The molecule has 1 aromatic heterocycles. The van der Waals surface area contributed by atoms with E-state index in [1.807, 2.05) is 0 Å². The number of nitrogens with zero attached hydrogens (tertiary/aromatic N) is 1. The Hall–Kier alpha value is -3.08. The standard InChI is InChI=1S/C18H13F4N3O3S/c19-16(20)18(21,22)28-11-5-3-4-10(8-11)23-14(26)9-29-17-24-13-7-2-1-6-12(13)15(27)25-17/h1-8,16H,9H2,(H,23,26)(H,24,25,27). The molecule has 0 saturated carbocycles. The zero-order valence-electron chi connectivity index (χ0n) is 14.5. The van der Waals surface area contributed by atoms with Crippen molar-refractivity contribution in [3.63, 3.8) is 0 Å². The highest BCUT2D eigenvalue weighted by atomic mass is 32.2. The molecule has 0 bridgehead atoms. The molecule has 3 rings (SSSR count). The van der Waals surface area contributed by atoms with Gasteiger partial charge in [-0.25, -0.2) is 4.98 Å². The van der Waals surface area contributed by atoms with Crippen molar-refractivity contribution in [2.75, 3.05) is 11.1 Å². The number of rotatable bonds is 7. The molecule has 0 radical (unpaired) electrons. The Morgan fingerprint density at radius 2 is 1.97 bits per heavy atom. The van der Waals surface area contributed by atoms with E-state index >= 15 is 0 Å². The second-order valence-electron chi connectivity index (χ2n) is 5.72. The lowest BCUT2D eigenvalue weighted by atomic mass is 10.2. The normalized spacial score (nSPS) is 11.6. The largest absolute Gasteiger partial charge is 0.461 e. The van der Waals surface area contributed by atoms with Crippen molar-refractivity contribution < 1.29 is 27.1 Å². The summed E-state index contributed by atoms with van der Waals surface area (Å²) >= 11 is 0.966. The van der Waals surface area contributed by atoms with Gasteiger partial charge < -0.3 is 15.0 Å². The van der Waals surface area contributed by atoms with Crippen LogP contribution in [0.4, 0.5) is 23.2 Å². The van der Waals surface area contributed by atoms with Gasteiger partial charge in [0.15, 0.2) is 5.16 Å². The van der Waals surface area contributed by atoms with Crippen LogP contribution < -0.4 is 15.6 Å². The maximum absolute atomic E-state index is 13.0. The molecule has 2 aromatic carbocycles. The van der Waals surface area contributed by atoms with Crippen LogP contribution in [0.3, 0.4) is 0 Å². The van der Waals surface area contributed by atoms with Gasteiger partial charge in [0.25, 0.3) is 5.56 Å². The number of carbonyl (C=O) groups excluding carboxylic acids is 1. The molecule has 0 aliphatic rings. The smallest absolute Gasteiger partial charge is 0.428 e. The maximum Gasteiger partial charge on any atom is 0.461 e. The summed E-state index contributed by atoms with van der Waals surface area (Å²) in [6, 6.07) is 11.4. The third-order valence-corrected chi connectivity index (χ3v) is 4.43. The quantitative estimate of drug-likeness (QED) is 0.340. The molecule has 0 spiro atoms. The van der Waals surface area contributed by atoms with Crippen molar-refractivity contribution in [1.29, 1.82) is 0 Å². The number of benzene rings is 2. The molecule has 0 unspecified atom stereocenters. The van der Waals surface area contributed by atoms with Gasteiger partial charge in [-0.2, -0.15) is 17.6 Å². The molecule has 152 valence electrons. The minimum Gasteiger partial charge on any atom is -0.428 e. The number of nitrogens with one attached hydrogen (secondary N) is 2. The van der Waals surface area contributed by atoms with E-state index in [0.717, 1.165) is 23.9 Å². The first-order valence-electron chi connectivity index (χ1n) is 8.11. The third-order valence-electron chi connectivity index (χ3n) is 3.56. The number of ether oxygens (including phenoxy) is 1. The Morgan fingerprint density at radius 1 is 1.21 bits per heavy atom. The third kappa shape index (κ3) is 5.25. The number of aromatic nitrogens is 2. The van der Waals surface area contributed by atoms with Crippen LogP contribution in [-0.2, 0) is 4.79 Å². The SMILES string of the molecule is O=C(CSc1nc2ccccc2c(=O)[nH]1)Nc1cccc(OC(F)(F)C(F)F)c1. The number of thioether (sulfide) groups is 1. The van der Waals surface area contributed by atoms with Crippen LogP contribution in [0.1, 0.15) is 0 Å². The molecule has 2 N–H and O–H groups in total. The predicted molar refractivity (Wildman–Crippen MR) is 99.7 cm³/mol. The molecule has 1 heterocycles. The number of hydrogen-bond acceptors (Lipinski definition) is 5. The lowest BCUT2D eigenvalue weighted by Gasteiger charge is -2.17. The summed E-state index contributed by atoms with van der Waals surface area (Å²) in [6.07, 6.45) is -8.64. The minimum absolute atomic E-state index is 0.0816. The van der Waals surface area contributed by atoms with Gasteiger partial charge in [0.2, 0.25) is 5.91 Å². The fourth-order valence-electron chi connectivity index (χ4n) is 2.30. The van der Waals surface area contributed by atoms with Crippen molar-refractivity contribution in [3.8, 4) is 5.75 Å². The van der Waals surface area contributed by atoms with Crippen LogP contribution in [0.15, 0.2) is 58.5 Å². The highest BCUT2D eigenvalue weighted by molar-refractivity contribution is 7.99. The Balaban J connectivity index is 1.63. The second kappa shape index (κ2) is 8.52. The minimum atomic E-state index is -4.65. The zero-order valence-corrected chi connectivity index (χ0v) is 15.3. The highest BCUT2D eigenvalue weighted by Gasteiger charge is 2.44. The van der Waals surface area contributed by atoms with Gasteiger partial charge in [0.05, 0.1) is 16.7 Å². The van der Waals surface area contributed by atoms with Crippen LogP contribution in [0.2, 0.25) is 0 Å². The Morgan fingerprint density at radius 3 is 2.72 bits per heavy atom. The first kappa shape index (κ1) is 20.6. The van der Waals surface area contributed by atoms with Gasteiger partial charge in [-0.15, -0.1) is 0 Å². The average Bonchev–Trinajstić information content (AvgIpc) is 2.66. The van der Waals surface area contributed by atoms with E-state index in [2.05, 4.69) is 20.0 Å². The molecule has 11 heteroatoms. The number of H-pyrrole nitrogens is 1. The predicted octanol–water partition coefficient (Wildman–Crippen LogP) is 3.89. The summed E-state index contributed by atoms with van der Waals surface area (Å²) in [7, 11) is 0. The number of fused-ring (bicyclic) bond motifs is 1. The Labute approximate surface area is 165 Å². The van der Waals surface area contributed by atoms with E-state index < -0.39 is 24.2 Å². The van der Waals surface area contributed by atoms with Gasteiger partial charge in [0, 0.05) is 11.8 Å². The van der Waals surface area contributed by atoms with Crippen molar-refractivity contribution in [2.24, 2.45) is 0 Å². The summed E-state index contributed by atoms with van der Waals surface area (Å²) in [5, 5.41) is 3.08. The lowest BCUT2D eigenvalue weighted by Crippen LogP contribution is -2.33. The Kier molecular flexibility index (Phi) is 6.06. The monoisotopic (exact) mass is 427 g/mol. The lowest BCUT2D eigenvalue weighted by molar-refractivity contribution is -0.253. The first-order valence-corrected chi connectivity index (χ1v) is 9.10. The van der Waals surface area contributed by atoms with E-state index in [0.29, 0.717) is 10.9 Å². The fraction of sp³-hybridized carbons (Fsp3) is 0.167. The van der Waals surface area contributed by atoms with E-state index in [9.17, 15) is 27.2 Å². The zero-order chi connectivity index (χ0) is 21.0. The number of aromatic amines is 1. The molecule has 1 amide bonds. The summed E-state index contributed by atoms with van der Waals surface area (Å²) < 4.78 is 54.4. The van der Waals surface area contributed by atoms with Crippen molar-refractivity contribution in [1.82, 2.24) is 9.97 Å². The van der Waals surface area contributed by atoms with Crippen molar-refractivity contribution in [2.45, 2.75) is 17.7 Å². The molecule has 0 fully saturated rings. The summed E-state index contributed by atoms with van der Waals surface area (Å²) in [4.78, 5) is 30.9. The molecule has 3 aromatic rings. The van der Waals surface area contributed by atoms with Gasteiger partial charge in [0.1, 0.15) is 5.75 Å². The van der Waals surface area contributed by atoms with Crippen LogP contribution in [0.5, 0.6) is 5.75 Å². The van der Waals surface area contributed by atoms with Gasteiger partial charge in [-0.05, 0) is 24.3 Å². The van der Waals surface area contributed by atoms with E-state index in [1.165, 1.54) is 12.1 Å². The van der Waals surface area contributed by atoms with Crippen LogP contribution >= 0.6 is 11.8 Å². The topological polar surface area (TPSA) is 84.1 Å². The van der Waals surface area contributed by atoms with Crippen molar-refractivity contribution in [3.05, 3.63) is 58.9 Å². The number of amides is 1. The molecule has 0 aliphatic heterocycles. The summed E-state index contributed by atoms with van der Waals surface area (Å²) in [5.41, 5.74) is 0.213. The summed E-state index contributed by atoms with van der Waals surface area (Å²) in [5.74, 6) is -1.19. The first-order chi connectivity index (χ1) is 13.7. The van der Waals surface area contributed by atoms with E-state index in [-0.39, 0.29) is 22.2 Å². The van der Waals surface area contributed by atoms with Gasteiger partial charge in [-0.3, -0.25) is 9.59 Å². The number of carbonyl (C=O) groups is 1. The van der Waals surface area contributed by atoms with Gasteiger partial charge >= 0.3 is 12.5 Å². The number of alkyl halides is 4. The molecule has 0 aliphatic carbocycles. The van der Waals surface area contributed by atoms with E-state index in [4.69, 9.17) is 0 Å². The molecule has 6 nitrogen and oxygen atoms in total. The summed E-state index contributed by atoms with van der Waals surface area (Å²) in [6.45, 7) is 0. The molecular weight excluding hydrogens is 414 g/mol. The Bertz CT molecular complexity index is 1090. The fourth-order valence-corrected chi connectivity index (χ4v) is 2.97. The number of hydrogen-bond donors (Lipinski definition) is 2. The maximum atomic E-state index is 13.0. The van der Waals surface area contributed by atoms with Crippen molar-refractivity contribution >= 4 is 34.3 Å². The van der Waals surface area contributed by atoms with Crippen LogP contribution in [-0.4, -0.2) is 34.2 Å². The molecular formula is C18H13F4N3O3S. The highest BCUT2D eigenvalue weighted by Crippen LogP contribution is 2.29. The van der Waals surface area contributed by atoms with Gasteiger partial charge in [-0.1, -0.05) is 30.0 Å². The average molecular weight is 427 g/mol. The second-order valence-corrected chi connectivity index (χ2v) is 6.68. The van der Waals surface area contributed by atoms with Crippen LogP contribution in [0.25, 0.3) is 10.9 Å². The molecule has 29 heavy (non-hydrogen) atoms. The number of halogens is 4. The number of para-hydroxylation sites is 1. The van der Waals surface area contributed by atoms with E-state index in [1.54, 1.807) is 24.3 Å². The number of anilines is 1.